The number of H-pyrrole nitrogens is 1. The average Bonchev–Trinajstić information content (AvgIpc) is 3.19. The number of fused-ring (bicyclic) bond motifs is 2. The molecule has 5 heteroatoms. The van der Waals surface area contributed by atoms with Gasteiger partial charge in [0, 0.05) is 36.8 Å². The molecule has 2 heterocycles. The van der Waals surface area contributed by atoms with Gasteiger partial charge in [-0.15, -0.1) is 0 Å². The molecule has 0 aliphatic carbocycles. The molecular formula is C20H18ClN3O. The zero-order valence-corrected chi connectivity index (χ0v) is 14.9. The number of halogens is 1. The summed E-state index contributed by atoms with van der Waals surface area (Å²) in [5, 5.41) is 10.8. The van der Waals surface area contributed by atoms with Crippen LogP contribution < -0.4 is 4.74 Å². The third-order valence-electron chi connectivity index (χ3n) is 4.90. The standard InChI is InChI=1S/C20H18ClN3O/c1-12-5-18(25-2)16(19-17(21)8-23-20(12)19)11-24-9-14-4-3-13(7-22)6-15(14)10-24/h3-6,8,23H,9-11H2,1-2H3. The molecule has 0 amide bonds. The number of aryl methyl sites for hydroxylation is 1. The Balaban J connectivity index is 1.71. The van der Waals surface area contributed by atoms with Gasteiger partial charge in [0.05, 0.1) is 29.3 Å². The second kappa shape index (κ2) is 6.11. The number of aromatic nitrogens is 1. The van der Waals surface area contributed by atoms with Crippen molar-refractivity contribution in [2.24, 2.45) is 0 Å². The maximum absolute atomic E-state index is 9.09. The van der Waals surface area contributed by atoms with Gasteiger partial charge >= 0.3 is 0 Å². The largest absolute Gasteiger partial charge is 0.496 e. The van der Waals surface area contributed by atoms with Crippen molar-refractivity contribution in [2.45, 2.75) is 26.6 Å². The number of nitrogens with zero attached hydrogens (tertiary/aromatic N) is 2. The van der Waals surface area contributed by atoms with Crippen molar-refractivity contribution in [1.29, 1.82) is 5.26 Å². The third kappa shape index (κ3) is 2.66. The van der Waals surface area contributed by atoms with Crippen LogP contribution in [-0.2, 0) is 19.6 Å². The summed E-state index contributed by atoms with van der Waals surface area (Å²) in [7, 11) is 1.70. The van der Waals surface area contributed by atoms with Crippen molar-refractivity contribution in [3.8, 4) is 11.8 Å². The quantitative estimate of drug-likeness (QED) is 0.754. The molecule has 1 aromatic heterocycles. The molecule has 3 aromatic rings. The van der Waals surface area contributed by atoms with Crippen LogP contribution in [0, 0.1) is 18.3 Å². The first-order valence-electron chi connectivity index (χ1n) is 8.18. The molecule has 0 fully saturated rings. The SMILES string of the molecule is COc1cc(C)c2[nH]cc(Cl)c2c1CN1Cc2ccc(C#N)cc2C1. The Morgan fingerprint density at radius 1 is 1.28 bits per heavy atom. The van der Waals surface area contributed by atoms with E-state index >= 15 is 0 Å². The number of rotatable bonds is 3. The Hall–Kier alpha value is -2.48. The minimum Gasteiger partial charge on any atom is -0.496 e. The molecular weight excluding hydrogens is 334 g/mol. The number of ether oxygens (including phenoxy) is 1. The molecule has 4 rings (SSSR count). The molecule has 0 unspecified atom stereocenters. The molecule has 0 atom stereocenters. The van der Waals surface area contributed by atoms with E-state index < -0.39 is 0 Å². The molecule has 2 aromatic carbocycles. The van der Waals surface area contributed by atoms with E-state index in [0.717, 1.165) is 52.4 Å². The molecule has 4 nitrogen and oxygen atoms in total. The van der Waals surface area contributed by atoms with Crippen molar-refractivity contribution in [1.82, 2.24) is 9.88 Å². The zero-order chi connectivity index (χ0) is 17.6. The second-order valence-electron chi connectivity index (χ2n) is 6.50. The lowest BCUT2D eigenvalue weighted by atomic mass is 10.0. The summed E-state index contributed by atoms with van der Waals surface area (Å²) in [6, 6.07) is 10.2. The van der Waals surface area contributed by atoms with Crippen LogP contribution in [0.3, 0.4) is 0 Å². The highest BCUT2D eigenvalue weighted by Crippen LogP contribution is 2.37. The Morgan fingerprint density at radius 2 is 2.08 bits per heavy atom. The number of nitriles is 1. The second-order valence-corrected chi connectivity index (χ2v) is 6.91. The van der Waals surface area contributed by atoms with E-state index in [0.29, 0.717) is 5.56 Å². The Morgan fingerprint density at radius 3 is 2.84 bits per heavy atom. The number of benzene rings is 2. The fourth-order valence-electron chi connectivity index (χ4n) is 3.69. The number of hydrogen-bond acceptors (Lipinski definition) is 3. The molecule has 1 N–H and O–H groups in total. The summed E-state index contributed by atoms with van der Waals surface area (Å²) < 4.78 is 5.64. The van der Waals surface area contributed by atoms with Crippen LogP contribution in [0.25, 0.3) is 10.9 Å². The van der Waals surface area contributed by atoms with Crippen LogP contribution in [0.1, 0.15) is 27.8 Å². The third-order valence-corrected chi connectivity index (χ3v) is 5.20. The predicted molar refractivity (Wildman–Crippen MR) is 98.7 cm³/mol. The molecule has 126 valence electrons. The van der Waals surface area contributed by atoms with Crippen molar-refractivity contribution in [3.63, 3.8) is 0 Å². The fraction of sp³-hybridized carbons (Fsp3) is 0.250. The van der Waals surface area contributed by atoms with Gasteiger partial charge in [0.25, 0.3) is 0 Å². The van der Waals surface area contributed by atoms with Crippen LogP contribution >= 0.6 is 11.6 Å². The average molecular weight is 352 g/mol. The smallest absolute Gasteiger partial charge is 0.124 e. The van der Waals surface area contributed by atoms with Crippen LogP contribution in [0.5, 0.6) is 5.75 Å². The lowest BCUT2D eigenvalue weighted by molar-refractivity contribution is 0.271. The summed E-state index contributed by atoms with van der Waals surface area (Å²) in [6.45, 7) is 4.48. The number of aromatic amines is 1. The van der Waals surface area contributed by atoms with E-state index in [1.165, 1.54) is 11.1 Å². The Bertz CT molecular complexity index is 1020. The lowest BCUT2D eigenvalue weighted by Gasteiger charge is -2.19. The van der Waals surface area contributed by atoms with E-state index in [9.17, 15) is 0 Å². The van der Waals surface area contributed by atoms with E-state index in [2.05, 4.69) is 35.0 Å². The first-order chi connectivity index (χ1) is 12.1. The molecule has 0 radical (unpaired) electrons. The monoisotopic (exact) mass is 351 g/mol. The minimum atomic E-state index is 0.713. The van der Waals surface area contributed by atoms with Gasteiger partial charge in [-0.25, -0.2) is 0 Å². The van der Waals surface area contributed by atoms with Gasteiger partial charge in [-0.3, -0.25) is 4.90 Å². The van der Waals surface area contributed by atoms with Crippen LogP contribution in [0.15, 0.2) is 30.5 Å². The highest BCUT2D eigenvalue weighted by atomic mass is 35.5. The van der Waals surface area contributed by atoms with Gasteiger partial charge in [-0.05, 0) is 41.8 Å². The van der Waals surface area contributed by atoms with Crippen LogP contribution in [-0.4, -0.2) is 17.0 Å². The van der Waals surface area contributed by atoms with Gasteiger partial charge in [0.2, 0.25) is 0 Å². The molecule has 0 bridgehead atoms. The normalized spacial score (nSPS) is 13.8. The van der Waals surface area contributed by atoms with Crippen LogP contribution in [0.4, 0.5) is 0 Å². The van der Waals surface area contributed by atoms with Crippen molar-refractivity contribution < 1.29 is 4.74 Å². The summed E-state index contributed by atoms with van der Waals surface area (Å²) >= 11 is 6.45. The fourth-order valence-corrected chi connectivity index (χ4v) is 3.96. The molecule has 1 aliphatic rings. The molecule has 0 saturated heterocycles. The maximum atomic E-state index is 9.09. The van der Waals surface area contributed by atoms with E-state index in [4.69, 9.17) is 21.6 Å². The highest BCUT2D eigenvalue weighted by molar-refractivity contribution is 6.36. The summed E-state index contributed by atoms with van der Waals surface area (Å²) in [6.07, 6.45) is 1.83. The maximum Gasteiger partial charge on any atom is 0.124 e. The Kier molecular flexibility index (Phi) is 3.91. The van der Waals surface area contributed by atoms with Crippen LogP contribution in [0.2, 0.25) is 5.02 Å². The zero-order valence-electron chi connectivity index (χ0n) is 14.2. The summed E-state index contributed by atoms with van der Waals surface area (Å²) in [4.78, 5) is 5.61. The molecule has 1 aliphatic heterocycles. The molecule has 0 saturated carbocycles. The van der Waals surface area contributed by atoms with Gasteiger partial charge in [-0.2, -0.15) is 5.26 Å². The van der Waals surface area contributed by atoms with E-state index in [1.807, 2.05) is 18.3 Å². The first-order valence-corrected chi connectivity index (χ1v) is 8.56. The van der Waals surface area contributed by atoms with Gasteiger partial charge in [0.15, 0.2) is 0 Å². The highest BCUT2D eigenvalue weighted by Gasteiger charge is 2.23. The van der Waals surface area contributed by atoms with Crippen molar-refractivity contribution in [3.05, 3.63) is 63.3 Å². The van der Waals surface area contributed by atoms with Crippen molar-refractivity contribution in [2.75, 3.05) is 7.11 Å². The first kappa shape index (κ1) is 16.0. The van der Waals surface area contributed by atoms with Crippen molar-refractivity contribution >= 4 is 22.5 Å². The molecule has 0 spiro atoms. The Labute approximate surface area is 151 Å². The van der Waals surface area contributed by atoms with Gasteiger partial charge < -0.3 is 9.72 Å². The predicted octanol–water partition coefficient (Wildman–Crippen LogP) is 4.53. The molecule has 25 heavy (non-hydrogen) atoms. The number of hydrogen-bond donors (Lipinski definition) is 1. The van der Waals surface area contributed by atoms with E-state index in [-0.39, 0.29) is 0 Å². The minimum absolute atomic E-state index is 0.713. The summed E-state index contributed by atoms with van der Waals surface area (Å²) in [5.41, 5.74) is 6.49. The lowest BCUT2D eigenvalue weighted by Crippen LogP contribution is -2.16. The number of nitrogens with one attached hydrogen (secondary N) is 1. The summed E-state index contributed by atoms with van der Waals surface area (Å²) in [5.74, 6) is 0.861. The number of methoxy groups -OCH3 is 1. The van der Waals surface area contributed by atoms with Gasteiger partial charge in [-0.1, -0.05) is 17.7 Å². The van der Waals surface area contributed by atoms with Gasteiger partial charge in [0.1, 0.15) is 5.75 Å². The topological polar surface area (TPSA) is 52.0 Å². The van der Waals surface area contributed by atoms with E-state index in [1.54, 1.807) is 7.11 Å².